The van der Waals surface area contributed by atoms with E-state index in [1.807, 2.05) is 20.8 Å². The van der Waals surface area contributed by atoms with Crippen LogP contribution in [-0.2, 0) is 9.59 Å². The van der Waals surface area contributed by atoms with Crippen molar-refractivity contribution in [2.24, 2.45) is 10.9 Å². The summed E-state index contributed by atoms with van der Waals surface area (Å²) in [5.41, 5.74) is 1.20. The first-order valence-electron chi connectivity index (χ1n) is 6.72. The van der Waals surface area contributed by atoms with Crippen molar-refractivity contribution in [2.75, 3.05) is 6.54 Å². The Morgan fingerprint density at radius 2 is 2.30 bits per heavy atom. The first-order chi connectivity index (χ1) is 9.42. The monoisotopic (exact) mass is 277 g/mol. The molecule has 0 fully saturated rings. The van der Waals surface area contributed by atoms with Gasteiger partial charge in [0.15, 0.2) is 0 Å². The summed E-state index contributed by atoms with van der Waals surface area (Å²) in [6, 6.07) is -0.400. The lowest BCUT2D eigenvalue weighted by Gasteiger charge is -2.25. The summed E-state index contributed by atoms with van der Waals surface area (Å²) in [6.45, 7) is 6.39. The fraction of sp³-hybridized carbons (Fsp3) is 0.500. The van der Waals surface area contributed by atoms with Gasteiger partial charge >= 0.3 is 5.97 Å². The Balaban J connectivity index is 2.26. The number of carbonyl (C=O) groups is 2. The number of carbonyl (C=O) groups excluding carboxylic acids is 1. The average Bonchev–Trinajstić information content (AvgIpc) is 2.80. The summed E-state index contributed by atoms with van der Waals surface area (Å²) < 4.78 is 0. The Labute approximate surface area is 117 Å². The number of amides is 1. The number of aliphatic imine (C=N–C) groups is 1. The molecule has 1 atom stereocenters. The van der Waals surface area contributed by atoms with Crippen LogP contribution in [-0.4, -0.2) is 40.4 Å². The summed E-state index contributed by atoms with van der Waals surface area (Å²) >= 11 is 0. The van der Waals surface area contributed by atoms with E-state index in [1.165, 1.54) is 6.20 Å². The van der Waals surface area contributed by atoms with E-state index in [2.05, 4.69) is 10.3 Å². The Hall–Kier alpha value is -2.11. The van der Waals surface area contributed by atoms with Crippen molar-refractivity contribution in [3.63, 3.8) is 0 Å². The average molecular weight is 277 g/mol. The predicted octanol–water partition coefficient (Wildman–Crippen LogP) is 1.12. The van der Waals surface area contributed by atoms with E-state index in [0.29, 0.717) is 12.5 Å². The minimum Gasteiger partial charge on any atom is -0.478 e. The lowest BCUT2D eigenvalue weighted by Crippen LogP contribution is -2.40. The van der Waals surface area contributed by atoms with E-state index in [9.17, 15) is 9.59 Å². The molecule has 2 heterocycles. The van der Waals surface area contributed by atoms with Crippen LogP contribution in [0, 0.1) is 5.92 Å². The Bertz CT molecular complexity index is 532. The van der Waals surface area contributed by atoms with Crippen molar-refractivity contribution in [1.82, 2.24) is 10.2 Å². The molecule has 0 aromatic carbocycles. The third kappa shape index (κ3) is 2.74. The van der Waals surface area contributed by atoms with Crippen molar-refractivity contribution in [2.45, 2.75) is 33.2 Å². The highest BCUT2D eigenvalue weighted by molar-refractivity contribution is 6.05. The van der Waals surface area contributed by atoms with Gasteiger partial charge in [-0.3, -0.25) is 10.1 Å². The molecule has 0 aromatic rings. The minimum absolute atomic E-state index is 0.112. The quantitative estimate of drug-likeness (QED) is 0.810. The molecule has 0 bridgehead atoms. The van der Waals surface area contributed by atoms with Crippen molar-refractivity contribution in [3.8, 4) is 0 Å². The fourth-order valence-electron chi connectivity index (χ4n) is 2.21. The molecule has 0 saturated heterocycles. The van der Waals surface area contributed by atoms with Crippen LogP contribution < -0.4 is 5.32 Å². The Kier molecular flexibility index (Phi) is 3.92. The van der Waals surface area contributed by atoms with Crippen molar-refractivity contribution < 1.29 is 14.7 Å². The molecular weight excluding hydrogens is 258 g/mol. The number of carboxylic acid groups (broad SMARTS) is 1. The number of guanidine groups is 1. The van der Waals surface area contributed by atoms with Crippen molar-refractivity contribution >= 4 is 17.8 Å². The molecule has 2 aliphatic heterocycles. The van der Waals surface area contributed by atoms with Crippen LogP contribution in [0.5, 0.6) is 0 Å². The lowest BCUT2D eigenvalue weighted by molar-refractivity contribution is -0.132. The highest BCUT2D eigenvalue weighted by Gasteiger charge is 2.32. The minimum atomic E-state index is -0.981. The maximum atomic E-state index is 11.8. The maximum Gasteiger partial charge on any atom is 0.337 e. The zero-order chi connectivity index (χ0) is 14.9. The smallest absolute Gasteiger partial charge is 0.337 e. The predicted molar refractivity (Wildman–Crippen MR) is 75.0 cm³/mol. The molecule has 20 heavy (non-hydrogen) atoms. The molecule has 0 aliphatic carbocycles. The molecule has 0 spiro atoms. The van der Waals surface area contributed by atoms with Crippen LogP contribution in [0.4, 0.5) is 0 Å². The second-order valence-corrected chi connectivity index (χ2v) is 5.30. The molecule has 1 unspecified atom stereocenters. The van der Waals surface area contributed by atoms with Crippen LogP contribution >= 0.6 is 0 Å². The van der Waals surface area contributed by atoms with E-state index < -0.39 is 12.0 Å². The SMILES string of the molecule is CCC1=CC(C(=O)O)=CN(C2=NC(C(C)C)C(=O)N2)C1. The number of aliphatic carboxylic acids is 1. The van der Waals surface area contributed by atoms with Gasteiger partial charge in [0.25, 0.3) is 5.91 Å². The van der Waals surface area contributed by atoms with Crippen LogP contribution in [0.3, 0.4) is 0 Å². The fourth-order valence-corrected chi connectivity index (χ4v) is 2.21. The van der Waals surface area contributed by atoms with E-state index >= 15 is 0 Å². The first-order valence-corrected chi connectivity index (χ1v) is 6.72. The third-order valence-electron chi connectivity index (χ3n) is 3.40. The van der Waals surface area contributed by atoms with Gasteiger partial charge in [0, 0.05) is 12.7 Å². The molecule has 0 aromatic heterocycles. The molecule has 108 valence electrons. The lowest BCUT2D eigenvalue weighted by atomic mass is 10.1. The number of hydrogen-bond donors (Lipinski definition) is 2. The van der Waals surface area contributed by atoms with Gasteiger partial charge in [-0.25, -0.2) is 9.79 Å². The molecule has 0 saturated carbocycles. The van der Waals surface area contributed by atoms with Crippen LogP contribution in [0.15, 0.2) is 28.4 Å². The molecule has 1 amide bonds. The van der Waals surface area contributed by atoms with Gasteiger partial charge in [-0.15, -0.1) is 0 Å². The topological polar surface area (TPSA) is 82.0 Å². The summed E-state index contributed by atoms with van der Waals surface area (Å²) in [5.74, 6) is -0.563. The van der Waals surface area contributed by atoms with Crippen LogP contribution in [0.2, 0.25) is 0 Å². The second-order valence-electron chi connectivity index (χ2n) is 5.30. The zero-order valence-corrected chi connectivity index (χ0v) is 11.9. The summed E-state index contributed by atoms with van der Waals surface area (Å²) in [5, 5.41) is 11.9. The number of rotatable bonds is 3. The zero-order valence-electron chi connectivity index (χ0n) is 11.9. The summed E-state index contributed by atoms with van der Waals surface area (Å²) in [6.07, 6.45) is 3.95. The molecule has 2 aliphatic rings. The highest BCUT2D eigenvalue weighted by Crippen LogP contribution is 2.19. The molecular formula is C14H19N3O3. The Morgan fingerprint density at radius 1 is 1.60 bits per heavy atom. The molecule has 0 radical (unpaired) electrons. The molecule has 2 rings (SSSR count). The number of carboxylic acids is 1. The largest absolute Gasteiger partial charge is 0.478 e. The van der Waals surface area contributed by atoms with Crippen molar-refractivity contribution in [1.29, 1.82) is 0 Å². The molecule has 6 heteroatoms. The van der Waals surface area contributed by atoms with Gasteiger partial charge in [-0.05, 0) is 24.0 Å². The first kappa shape index (κ1) is 14.3. The van der Waals surface area contributed by atoms with Gasteiger partial charge < -0.3 is 10.0 Å². The second kappa shape index (κ2) is 5.48. The summed E-state index contributed by atoms with van der Waals surface area (Å²) in [4.78, 5) is 29.0. The molecule has 2 N–H and O–H groups in total. The summed E-state index contributed by atoms with van der Waals surface area (Å²) in [7, 11) is 0. The number of nitrogens with zero attached hydrogens (tertiary/aromatic N) is 2. The van der Waals surface area contributed by atoms with E-state index in [4.69, 9.17) is 5.11 Å². The number of nitrogens with one attached hydrogen (secondary N) is 1. The van der Waals surface area contributed by atoms with E-state index in [-0.39, 0.29) is 17.4 Å². The van der Waals surface area contributed by atoms with Gasteiger partial charge in [0.1, 0.15) is 6.04 Å². The van der Waals surface area contributed by atoms with E-state index in [1.54, 1.807) is 11.0 Å². The van der Waals surface area contributed by atoms with Crippen LogP contribution in [0.25, 0.3) is 0 Å². The molecule has 6 nitrogen and oxygen atoms in total. The highest BCUT2D eigenvalue weighted by atomic mass is 16.4. The van der Waals surface area contributed by atoms with Gasteiger partial charge in [-0.1, -0.05) is 20.8 Å². The normalized spacial score (nSPS) is 22.4. The van der Waals surface area contributed by atoms with Crippen LogP contribution in [0.1, 0.15) is 27.2 Å². The third-order valence-corrected chi connectivity index (χ3v) is 3.40. The van der Waals surface area contributed by atoms with Crippen molar-refractivity contribution in [3.05, 3.63) is 23.4 Å². The van der Waals surface area contributed by atoms with Gasteiger partial charge in [-0.2, -0.15) is 0 Å². The van der Waals surface area contributed by atoms with Gasteiger partial charge in [0.2, 0.25) is 5.96 Å². The van der Waals surface area contributed by atoms with Gasteiger partial charge in [0.05, 0.1) is 5.57 Å². The number of hydrogen-bond acceptors (Lipinski definition) is 4. The standard InChI is InChI=1S/C14H19N3O3/c1-4-9-5-10(13(19)20)7-17(6-9)14-15-11(8(2)3)12(18)16-14/h5,7-8,11H,4,6H2,1-3H3,(H,19,20)(H,15,16,18). The maximum absolute atomic E-state index is 11.8. The van der Waals surface area contributed by atoms with E-state index in [0.717, 1.165) is 12.0 Å². The Morgan fingerprint density at radius 3 is 2.80 bits per heavy atom.